The van der Waals surface area contributed by atoms with Crippen molar-refractivity contribution in [2.24, 2.45) is 5.10 Å². The molecule has 4 aromatic carbocycles. The lowest BCUT2D eigenvalue weighted by atomic mass is 10.0. The third-order valence-electron chi connectivity index (χ3n) is 5.07. The predicted molar refractivity (Wildman–Crippen MR) is 134 cm³/mol. The third kappa shape index (κ3) is 5.67. The Morgan fingerprint density at radius 3 is 2.39 bits per heavy atom. The summed E-state index contributed by atoms with van der Waals surface area (Å²) in [6.07, 6.45) is 5.42. The summed E-state index contributed by atoms with van der Waals surface area (Å²) in [5, 5.41) is 5.96. The Morgan fingerprint density at radius 1 is 0.879 bits per heavy atom. The van der Waals surface area contributed by atoms with Crippen molar-refractivity contribution in [2.45, 2.75) is 11.8 Å². The molecule has 0 spiro atoms. The first-order valence-corrected chi connectivity index (χ1v) is 12.0. The van der Waals surface area contributed by atoms with Crippen LogP contribution in [-0.2, 0) is 10.0 Å². The number of sulfonamides is 1. The van der Waals surface area contributed by atoms with Crippen LogP contribution in [-0.4, -0.2) is 21.2 Å². The highest BCUT2D eigenvalue weighted by Gasteiger charge is 2.12. The molecule has 0 saturated carbocycles. The zero-order valence-electron chi connectivity index (χ0n) is 18.2. The van der Waals surface area contributed by atoms with Gasteiger partial charge in [0.05, 0.1) is 11.1 Å². The first-order valence-electron chi connectivity index (χ1n) is 10.5. The molecule has 0 radical (unpaired) electrons. The van der Waals surface area contributed by atoms with E-state index in [1.165, 1.54) is 6.21 Å². The summed E-state index contributed by atoms with van der Waals surface area (Å²) in [4.78, 5) is 2.45. The van der Waals surface area contributed by atoms with Crippen molar-refractivity contribution in [3.8, 4) is 5.75 Å². The molecule has 0 bridgehead atoms. The van der Waals surface area contributed by atoms with Crippen LogP contribution in [0.15, 0.2) is 107 Å². The highest BCUT2D eigenvalue weighted by molar-refractivity contribution is 7.89. The number of hydrogen-bond donors (Lipinski definition) is 1. The van der Waals surface area contributed by atoms with E-state index in [4.69, 9.17) is 4.74 Å². The van der Waals surface area contributed by atoms with Gasteiger partial charge in [0.1, 0.15) is 12.4 Å². The molecule has 4 rings (SSSR count). The van der Waals surface area contributed by atoms with Crippen LogP contribution in [0.2, 0.25) is 0 Å². The van der Waals surface area contributed by atoms with E-state index in [-0.39, 0.29) is 4.90 Å². The monoisotopic (exact) mass is 456 g/mol. The molecule has 6 heteroatoms. The van der Waals surface area contributed by atoms with Crippen molar-refractivity contribution in [1.29, 1.82) is 0 Å². The van der Waals surface area contributed by atoms with Crippen LogP contribution in [0.4, 0.5) is 0 Å². The molecule has 33 heavy (non-hydrogen) atoms. The molecular formula is C27H24N2O3S. The number of ether oxygens (including phenoxy) is 1. The molecule has 0 aliphatic carbocycles. The first-order chi connectivity index (χ1) is 16.0. The van der Waals surface area contributed by atoms with Gasteiger partial charge in [0.25, 0.3) is 10.0 Å². The summed E-state index contributed by atoms with van der Waals surface area (Å²) >= 11 is 0. The van der Waals surface area contributed by atoms with E-state index < -0.39 is 10.0 Å². The van der Waals surface area contributed by atoms with E-state index in [0.29, 0.717) is 17.9 Å². The maximum atomic E-state index is 12.6. The summed E-state index contributed by atoms with van der Waals surface area (Å²) in [5.41, 5.74) is 2.77. The Labute approximate surface area is 194 Å². The van der Waals surface area contributed by atoms with Crippen LogP contribution in [0.5, 0.6) is 5.75 Å². The summed E-state index contributed by atoms with van der Waals surface area (Å²) in [5.74, 6) is 0.615. The SMILES string of the molecule is Cc1ccc(S(=O)(=O)N/N=C/c2c(OC/C=C/c3ccccc3)ccc3ccccc23)cc1. The maximum absolute atomic E-state index is 12.6. The van der Waals surface area contributed by atoms with Gasteiger partial charge in [0, 0.05) is 5.56 Å². The third-order valence-corrected chi connectivity index (χ3v) is 6.31. The quantitative estimate of drug-likeness (QED) is 0.279. The summed E-state index contributed by atoms with van der Waals surface area (Å²) < 4.78 is 31.1. The average molecular weight is 457 g/mol. The normalized spacial score (nSPS) is 11.9. The van der Waals surface area contributed by atoms with Crippen molar-refractivity contribution in [2.75, 3.05) is 6.61 Å². The highest BCUT2D eigenvalue weighted by atomic mass is 32.2. The molecule has 166 valence electrons. The summed E-state index contributed by atoms with van der Waals surface area (Å²) in [6.45, 7) is 2.27. The van der Waals surface area contributed by atoms with E-state index in [0.717, 1.165) is 21.9 Å². The minimum Gasteiger partial charge on any atom is -0.489 e. The number of nitrogens with zero attached hydrogens (tertiary/aromatic N) is 1. The smallest absolute Gasteiger partial charge is 0.276 e. The number of hydrogen-bond acceptors (Lipinski definition) is 4. The lowest BCUT2D eigenvalue weighted by molar-refractivity contribution is 0.363. The van der Waals surface area contributed by atoms with Gasteiger partial charge in [-0.15, -0.1) is 0 Å². The van der Waals surface area contributed by atoms with Gasteiger partial charge in [-0.3, -0.25) is 0 Å². The van der Waals surface area contributed by atoms with Gasteiger partial charge in [-0.25, -0.2) is 4.83 Å². The molecule has 4 aromatic rings. The van der Waals surface area contributed by atoms with Gasteiger partial charge >= 0.3 is 0 Å². The van der Waals surface area contributed by atoms with Crippen LogP contribution >= 0.6 is 0 Å². The summed E-state index contributed by atoms with van der Waals surface area (Å²) in [7, 11) is -3.76. The average Bonchev–Trinajstić information content (AvgIpc) is 2.83. The molecule has 0 unspecified atom stereocenters. The van der Waals surface area contributed by atoms with Crippen LogP contribution < -0.4 is 9.57 Å². The predicted octanol–water partition coefficient (Wildman–Crippen LogP) is 5.55. The second-order valence-corrected chi connectivity index (χ2v) is 9.15. The number of aryl methyl sites for hydroxylation is 1. The number of nitrogens with one attached hydrogen (secondary N) is 1. The van der Waals surface area contributed by atoms with Gasteiger partial charge < -0.3 is 4.74 Å². The molecule has 0 saturated heterocycles. The van der Waals surface area contributed by atoms with Crippen LogP contribution in [0, 0.1) is 6.92 Å². The Kier molecular flexibility index (Phi) is 6.86. The molecule has 0 aromatic heterocycles. The van der Waals surface area contributed by atoms with Crippen molar-refractivity contribution >= 4 is 33.1 Å². The largest absolute Gasteiger partial charge is 0.489 e. The van der Waals surface area contributed by atoms with E-state index in [9.17, 15) is 8.42 Å². The zero-order valence-corrected chi connectivity index (χ0v) is 19.0. The van der Waals surface area contributed by atoms with Crippen molar-refractivity contribution in [3.05, 3.63) is 114 Å². The number of benzene rings is 4. The lowest BCUT2D eigenvalue weighted by Crippen LogP contribution is -2.18. The van der Waals surface area contributed by atoms with E-state index in [1.807, 2.05) is 85.8 Å². The van der Waals surface area contributed by atoms with Gasteiger partial charge in [0.15, 0.2) is 0 Å². The van der Waals surface area contributed by atoms with E-state index >= 15 is 0 Å². The Morgan fingerprint density at radius 2 is 1.61 bits per heavy atom. The summed E-state index contributed by atoms with van der Waals surface area (Å²) in [6, 6.07) is 28.2. The van der Waals surface area contributed by atoms with Crippen LogP contribution in [0.1, 0.15) is 16.7 Å². The van der Waals surface area contributed by atoms with Crippen molar-refractivity contribution in [3.63, 3.8) is 0 Å². The molecule has 0 heterocycles. The molecular weight excluding hydrogens is 432 g/mol. The van der Waals surface area contributed by atoms with Gasteiger partial charge in [0.2, 0.25) is 0 Å². The van der Waals surface area contributed by atoms with Gasteiger partial charge in [-0.05, 0) is 47.5 Å². The second kappa shape index (κ2) is 10.1. The fourth-order valence-corrected chi connectivity index (χ4v) is 4.14. The first kappa shape index (κ1) is 22.3. The van der Waals surface area contributed by atoms with E-state index in [2.05, 4.69) is 9.93 Å². The molecule has 1 N–H and O–H groups in total. The zero-order chi connectivity index (χ0) is 23.1. The fraction of sp³-hybridized carbons (Fsp3) is 0.0741. The standard InChI is InChI=1S/C27H24N2O3S/c1-21-13-16-24(17-14-21)33(30,31)29-28-20-26-25-12-6-5-11-23(25)15-18-27(26)32-19-7-10-22-8-3-2-4-9-22/h2-18,20,29H,19H2,1H3/b10-7+,28-20+. The topological polar surface area (TPSA) is 67.8 Å². The van der Waals surface area contributed by atoms with Crippen LogP contribution in [0.3, 0.4) is 0 Å². The number of hydrazone groups is 1. The number of fused-ring (bicyclic) bond motifs is 1. The highest BCUT2D eigenvalue weighted by Crippen LogP contribution is 2.27. The van der Waals surface area contributed by atoms with E-state index in [1.54, 1.807) is 24.3 Å². The van der Waals surface area contributed by atoms with Crippen LogP contribution in [0.25, 0.3) is 16.8 Å². The van der Waals surface area contributed by atoms with Crippen molar-refractivity contribution < 1.29 is 13.2 Å². The fourth-order valence-electron chi connectivity index (χ4n) is 3.35. The second-order valence-electron chi connectivity index (χ2n) is 7.49. The van der Waals surface area contributed by atoms with Gasteiger partial charge in [-0.1, -0.05) is 84.4 Å². The Bertz CT molecular complexity index is 1390. The molecule has 0 aliphatic rings. The molecule has 0 aliphatic heterocycles. The maximum Gasteiger partial charge on any atom is 0.276 e. The lowest BCUT2D eigenvalue weighted by Gasteiger charge is -2.11. The minimum absolute atomic E-state index is 0.158. The number of rotatable bonds is 8. The Balaban J connectivity index is 1.56. The van der Waals surface area contributed by atoms with Gasteiger partial charge in [-0.2, -0.15) is 13.5 Å². The Hall–Kier alpha value is -3.90. The molecule has 0 fully saturated rings. The minimum atomic E-state index is -3.76. The molecule has 5 nitrogen and oxygen atoms in total. The molecule has 0 atom stereocenters. The molecule has 0 amide bonds. The van der Waals surface area contributed by atoms with Crippen molar-refractivity contribution in [1.82, 2.24) is 4.83 Å².